The first kappa shape index (κ1) is 22.0. The lowest BCUT2D eigenvalue weighted by molar-refractivity contribution is -0.141. The van der Waals surface area contributed by atoms with Gasteiger partial charge in [-0.15, -0.1) is 0 Å². The number of hydrogen-bond acceptors (Lipinski definition) is 2. The molecule has 0 unspecified atom stereocenters. The minimum absolute atomic E-state index is 0.0495. The molecular formula is C23H29ClN2O2. The highest BCUT2D eigenvalue weighted by Crippen LogP contribution is 2.18. The van der Waals surface area contributed by atoms with Crippen molar-refractivity contribution >= 4 is 23.4 Å². The molecule has 0 aliphatic carbocycles. The maximum absolute atomic E-state index is 13.0. The Morgan fingerprint density at radius 1 is 1.04 bits per heavy atom. The number of unbranched alkanes of at least 4 members (excludes halogenated alkanes) is 1. The highest BCUT2D eigenvalue weighted by atomic mass is 35.5. The number of amides is 2. The van der Waals surface area contributed by atoms with Crippen LogP contribution in [0.25, 0.3) is 0 Å². The molecule has 2 amide bonds. The minimum atomic E-state index is -0.564. The van der Waals surface area contributed by atoms with Crippen LogP contribution in [-0.2, 0) is 22.6 Å². The summed E-state index contributed by atoms with van der Waals surface area (Å²) in [4.78, 5) is 27.5. The summed E-state index contributed by atoms with van der Waals surface area (Å²) < 4.78 is 0. The predicted octanol–water partition coefficient (Wildman–Crippen LogP) is 4.61. The second kappa shape index (κ2) is 11.5. The quantitative estimate of drug-likeness (QED) is 0.592. The lowest BCUT2D eigenvalue weighted by atomic mass is 10.0. The van der Waals surface area contributed by atoms with Gasteiger partial charge in [0.15, 0.2) is 0 Å². The molecule has 0 spiro atoms. The molecule has 150 valence electrons. The number of benzene rings is 2. The molecule has 0 radical (unpaired) electrons. The van der Waals surface area contributed by atoms with Crippen LogP contribution in [-0.4, -0.2) is 29.3 Å². The number of nitrogens with zero attached hydrogens (tertiary/aromatic N) is 1. The van der Waals surface area contributed by atoms with Gasteiger partial charge in [-0.25, -0.2) is 0 Å². The first-order chi connectivity index (χ1) is 13.5. The van der Waals surface area contributed by atoms with E-state index in [0.717, 1.165) is 24.0 Å². The molecule has 0 fully saturated rings. The van der Waals surface area contributed by atoms with E-state index < -0.39 is 6.04 Å². The molecule has 0 saturated carbocycles. The third-order valence-corrected chi connectivity index (χ3v) is 4.88. The van der Waals surface area contributed by atoms with Crippen LogP contribution in [0.1, 0.15) is 44.2 Å². The number of halogens is 1. The van der Waals surface area contributed by atoms with Gasteiger partial charge < -0.3 is 10.2 Å². The van der Waals surface area contributed by atoms with Crippen LogP contribution in [0, 0.1) is 0 Å². The molecule has 0 bridgehead atoms. The number of hydrogen-bond donors (Lipinski definition) is 1. The summed E-state index contributed by atoms with van der Waals surface area (Å²) in [6, 6.07) is 16.7. The van der Waals surface area contributed by atoms with Crippen LogP contribution in [0.2, 0.25) is 5.02 Å². The summed E-state index contributed by atoms with van der Waals surface area (Å²) in [6.45, 7) is 4.87. The standard InChI is InChI=1S/C23H29ClN2O2/c1-3-5-14-25-23(28)21(16-18-10-7-6-8-11-18)26(22(27)4-2)17-19-12-9-13-20(24)15-19/h6-13,15,21H,3-5,14,16-17H2,1-2H3,(H,25,28)/t21-/m1/s1. The third kappa shape index (κ3) is 6.68. The molecule has 5 heteroatoms. The number of rotatable bonds is 10. The van der Waals surface area contributed by atoms with Crippen LogP contribution in [0.4, 0.5) is 0 Å². The Hall–Kier alpha value is -2.33. The van der Waals surface area contributed by atoms with E-state index in [1.165, 1.54) is 0 Å². The molecule has 0 aliphatic rings. The van der Waals surface area contributed by atoms with Gasteiger partial charge in [0.05, 0.1) is 0 Å². The van der Waals surface area contributed by atoms with Gasteiger partial charge in [0, 0.05) is 31.0 Å². The van der Waals surface area contributed by atoms with Crippen LogP contribution in [0.5, 0.6) is 0 Å². The van der Waals surface area contributed by atoms with Crippen molar-refractivity contribution < 1.29 is 9.59 Å². The van der Waals surface area contributed by atoms with Crippen LogP contribution < -0.4 is 5.32 Å². The average Bonchev–Trinajstić information content (AvgIpc) is 2.71. The van der Waals surface area contributed by atoms with Crippen molar-refractivity contribution in [3.05, 3.63) is 70.7 Å². The summed E-state index contributed by atoms with van der Waals surface area (Å²) in [7, 11) is 0. The highest BCUT2D eigenvalue weighted by Gasteiger charge is 2.29. The van der Waals surface area contributed by atoms with E-state index in [4.69, 9.17) is 11.6 Å². The summed E-state index contributed by atoms with van der Waals surface area (Å²) >= 11 is 6.12. The topological polar surface area (TPSA) is 49.4 Å². The first-order valence-electron chi connectivity index (χ1n) is 9.90. The summed E-state index contributed by atoms with van der Waals surface area (Å²) in [6.07, 6.45) is 2.74. The smallest absolute Gasteiger partial charge is 0.243 e. The third-order valence-electron chi connectivity index (χ3n) is 4.65. The van der Waals surface area contributed by atoms with E-state index in [9.17, 15) is 9.59 Å². The van der Waals surface area contributed by atoms with E-state index in [1.807, 2.05) is 55.5 Å². The zero-order chi connectivity index (χ0) is 20.4. The van der Waals surface area contributed by atoms with Crippen molar-refractivity contribution in [3.8, 4) is 0 Å². The molecular weight excluding hydrogens is 372 g/mol. The van der Waals surface area contributed by atoms with Gasteiger partial charge in [-0.1, -0.05) is 74.3 Å². The SMILES string of the molecule is CCCCNC(=O)[C@@H](Cc1ccccc1)N(Cc1cccc(Cl)c1)C(=O)CC. The summed E-state index contributed by atoms with van der Waals surface area (Å²) in [5, 5.41) is 3.62. The molecule has 2 aromatic rings. The van der Waals surface area contributed by atoms with Gasteiger partial charge in [0.2, 0.25) is 11.8 Å². The lowest BCUT2D eigenvalue weighted by Gasteiger charge is -2.31. The zero-order valence-electron chi connectivity index (χ0n) is 16.7. The Labute approximate surface area is 172 Å². The maximum atomic E-state index is 13.0. The molecule has 0 aromatic heterocycles. The van der Waals surface area contributed by atoms with E-state index in [-0.39, 0.29) is 11.8 Å². The Bertz CT molecular complexity index is 764. The molecule has 4 nitrogen and oxygen atoms in total. The van der Waals surface area contributed by atoms with E-state index in [2.05, 4.69) is 12.2 Å². The Morgan fingerprint density at radius 3 is 2.39 bits per heavy atom. The van der Waals surface area contributed by atoms with Crippen LogP contribution in [0.15, 0.2) is 54.6 Å². The fraction of sp³-hybridized carbons (Fsp3) is 0.391. The fourth-order valence-electron chi connectivity index (χ4n) is 3.10. The molecule has 28 heavy (non-hydrogen) atoms. The van der Waals surface area contributed by atoms with Crippen molar-refractivity contribution in [3.63, 3.8) is 0 Å². The Kier molecular flexibility index (Phi) is 9.02. The summed E-state index contributed by atoms with van der Waals surface area (Å²) in [5.41, 5.74) is 1.94. The lowest BCUT2D eigenvalue weighted by Crippen LogP contribution is -2.50. The number of carbonyl (C=O) groups excluding carboxylic acids is 2. The monoisotopic (exact) mass is 400 g/mol. The van der Waals surface area contributed by atoms with Gasteiger partial charge in [0.25, 0.3) is 0 Å². The highest BCUT2D eigenvalue weighted by molar-refractivity contribution is 6.30. The van der Waals surface area contributed by atoms with E-state index in [0.29, 0.717) is 31.0 Å². The predicted molar refractivity (Wildman–Crippen MR) is 114 cm³/mol. The van der Waals surface area contributed by atoms with Gasteiger partial charge >= 0.3 is 0 Å². The van der Waals surface area contributed by atoms with Crippen molar-refractivity contribution in [2.45, 2.75) is 52.1 Å². The molecule has 0 aliphatic heterocycles. The summed E-state index contributed by atoms with van der Waals surface area (Å²) in [5.74, 6) is -0.160. The largest absolute Gasteiger partial charge is 0.354 e. The van der Waals surface area contributed by atoms with Gasteiger partial charge in [0.1, 0.15) is 6.04 Å². The fourth-order valence-corrected chi connectivity index (χ4v) is 3.31. The zero-order valence-corrected chi connectivity index (χ0v) is 17.4. The van der Waals surface area contributed by atoms with Crippen LogP contribution in [0.3, 0.4) is 0 Å². The normalized spacial score (nSPS) is 11.7. The molecule has 0 heterocycles. The molecule has 1 atom stereocenters. The maximum Gasteiger partial charge on any atom is 0.243 e. The second-order valence-corrected chi connectivity index (χ2v) is 7.29. The van der Waals surface area contributed by atoms with E-state index >= 15 is 0 Å². The number of carbonyl (C=O) groups is 2. The molecule has 2 rings (SSSR count). The van der Waals surface area contributed by atoms with E-state index in [1.54, 1.807) is 11.0 Å². The van der Waals surface area contributed by atoms with Crippen molar-refractivity contribution in [2.75, 3.05) is 6.54 Å². The molecule has 1 N–H and O–H groups in total. The first-order valence-corrected chi connectivity index (χ1v) is 10.3. The van der Waals surface area contributed by atoms with Crippen molar-refractivity contribution in [2.24, 2.45) is 0 Å². The van der Waals surface area contributed by atoms with Gasteiger partial charge in [-0.05, 0) is 29.7 Å². The van der Waals surface area contributed by atoms with Crippen molar-refractivity contribution in [1.82, 2.24) is 10.2 Å². The second-order valence-electron chi connectivity index (χ2n) is 6.86. The Morgan fingerprint density at radius 2 is 1.75 bits per heavy atom. The van der Waals surface area contributed by atoms with Crippen LogP contribution >= 0.6 is 11.6 Å². The molecule has 2 aromatic carbocycles. The van der Waals surface area contributed by atoms with Gasteiger partial charge in [-0.2, -0.15) is 0 Å². The van der Waals surface area contributed by atoms with Gasteiger partial charge in [-0.3, -0.25) is 9.59 Å². The van der Waals surface area contributed by atoms with Crippen molar-refractivity contribution in [1.29, 1.82) is 0 Å². The average molecular weight is 401 g/mol. The Balaban J connectivity index is 2.30. The number of nitrogens with one attached hydrogen (secondary N) is 1. The minimum Gasteiger partial charge on any atom is -0.354 e. The molecule has 0 saturated heterocycles.